The lowest BCUT2D eigenvalue weighted by molar-refractivity contribution is 0.0134. The van der Waals surface area contributed by atoms with E-state index in [1.54, 1.807) is 11.8 Å². The molecule has 0 unspecified atom stereocenters. The van der Waals surface area contributed by atoms with E-state index in [4.69, 9.17) is 18.9 Å². The van der Waals surface area contributed by atoms with Crippen LogP contribution in [0.4, 0.5) is 0 Å². The highest BCUT2D eigenvalue weighted by molar-refractivity contribution is 4.89. The Bertz CT molecular complexity index is 349. The van der Waals surface area contributed by atoms with Crippen LogP contribution in [0.1, 0.15) is 5.69 Å². The number of ether oxygens (including phenoxy) is 4. The zero-order valence-electron chi connectivity index (χ0n) is 12.9. The van der Waals surface area contributed by atoms with Gasteiger partial charge in [0.1, 0.15) is 5.69 Å². The van der Waals surface area contributed by atoms with Crippen LogP contribution >= 0.6 is 0 Å². The summed E-state index contributed by atoms with van der Waals surface area (Å²) in [5.41, 5.74) is 0.819. The fourth-order valence-corrected chi connectivity index (χ4v) is 1.54. The number of methoxy groups -OCH3 is 1. The van der Waals surface area contributed by atoms with E-state index in [1.165, 1.54) is 0 Å². The van der Waals surface area contributed by atoms with Gasteiger partial charge in [0.05, 0.1) is 59.0 Å². The summed E-state index contributed by atoms with van der Waals surface area (Å²) in [5.74, 6) is 0. The minimum atomic E-state index is 0.477. The van der Waals surface area contributed by atoms with Crippen LogP contribution in [-0.4, -0.2) is 75.3 Å². The van der Waals surface area contributed by atoms with E-state index >= 15 is 0 Å². The molecule has 0 aromatic carbocycles. The quantitative estimate of drug-likeness (QED) is 0.472. The molecule has 1 N–H and O–H groups in total. The molecular weight excluding hydrogens is 276 g/mol. The SMILES string of the molecule is CNCCOCCOCCOCCn1cc(COC)nn1. The number of rotatable bonds is 14. The van der Waals surface area contributed by atoms with Crippen LogP contribution in [0.25, 0.3) is 0 Å². The average Bonchev–Trinajstić information content (AvgIpc) is 2.93. The minimum Gasteiger partial charge on any atom is -0.378 e. The van der Waals surface area contributed by atoms with Crippen LogP contribution in [0, 0.1) is 0 Å². The lowest BCUT2D eigenvalue weighted by atomic mass is 10.5. The molecule has 0 amide bonds. The molecule has 0 fully saturated rings. The second-order valence-corrected chi connectivity index (χ2v) is 4.35. The Kier molecular flexibility index (Phi) is 10.8. The van der Waals surface area contributed by atoms with Crippen molar-refractivity contribution in [3.05, 3.63) is 11.9 Å². The molecule has 0 radical (unpaired) electrons. The van der Waals surface area contributed by atoms with Gasteiger partial charge in [0.15, 0.2) is 0 Å². The highest BCUT2D eigenvalue weighted by Gasteiger charge is 1.99. The van der Waals surface area contributed by atoms with Gasteiger partial charge in [0.25, 0.3) is 0 Å². The molecule has 122 valence electrons. The highest BCUT2D eigenvalue weighted by Crippen LogP contribution is 1.94. The maximum absolute atomic E-state index is 5.46. The number of nitrogens with zero attached hydrogens (tertiary/aromatic N) is 3. The normalized spacial score (nSPS) is 11.1. The van der Waals surface area contributed by atoms with Crippen LogP contribution in [0.5, 0.6) is 0 Å². The van der Waals surface area contributed by atoms with Gasteiger partial charge in [-0.3, -0.25) is 0 Å². The lowest BCUT2D eigenvalue weighted by Crippen LogP contribution is -2.17. The molecule has 0 saturated carbocycles. The summed E-state index contributed by atoms with van der Waals surface area (Å²) in [6.07, 6.45) is 1.85. The van der Waals surface area contributed by atoms with Gasteiger partial charge in [0, 0.05) is 13.7 Å². The number of hydrogen-bond donors (Lipinski definition) is 1. The zero-order valence-corrected chi connectivity index (χ0v) is 12.9. The van der Waals surface area contributed by atoms with Crippen molar-refractivity contribution in [1.82, 2.24) is 20.3 Å². The number of nitrogens with one attached hydrogen (secondary N) is 1. The molecule has 8 nitrogen and oxygen atoms in total. The molecule has 21 heavy (non-hydrogen) atoms. The van der Waals surface area contributed by atoms with Gasteiger partial charge >= 0.3 is 0 Å². The number of hydrogen-bond acceptors (Lipinski definition) is 7. The van der Waals surface area contributed by atoms with Crippen LogP contribution in [0.3, 0.4) is 0 Å². The van der Waals surface area contributed by atoms with Crippen LogP contribution < -0.4 is 5.32 Å². The van der Waals surface area contributed by atoms with Crippen molar-refractivity contribution >= 4 is 0 Å². The van der Waals surface area contributed by atoms with Gasteiger partial charge in [-0.25, -0.2) is 4.68 Å². The summed E-state index contributed by atoms with van der Waals surface area (Å²) in [6, 6.07) is 0. The predicted molar refractivity (Wildman–Crippen MR) is 77.1 cm³/mol. The van der Waals surface area contributed by atoms with Crippen molar-refractivity contribution in [3.8, 4) is 0 Å². The second-order valence-electron chi connectivity index (χ2n) is 4.35. The van der Waals surface area contributed by atoms with Gasteiger partial charge in [0.2, 0.25) is 0 Å². The molecule has 0 aliphatic rings. The van der Waals surface area contributed by atoms with E-state index in [2.05, 4.69) is 15.6 Å². The molecule has 0 atom stereocenters. The van der Waals surface area contributed by atoms with Gasteiger partial charge in [-0.1, -0.05) is 5.21 Å². The first-order valence-electron chi connectivity index (χ1n) is 7.12. The Morgan fingerprint density at radius 2 is 1.71 bits per heavy atom. The molecule has 0 bridgehead atoms. The summed E-state index contributed by atoms with van der Waals surface area (Å²) < 4.78 is 22.9. The van der Waals surface area contributed by atoms with E-state index in [1.807, 2.05) is 13.2 Å². The first-order valence-corrected chi connectivity index (χ1v) is 7.12. The van der Waals surface area contributed by atoms with E-state index in [-0.39, 0.29) is 0 Å². The second kappa shape index (κ2) is 12.7. The molecule has 1 heterocycles. The minimum absolute atomic E-state index is 0.477. The molecule has 0 aliphatic heterocycles. The Balaban J connectivity index is 1.86. The monoisotopic (exact) mass is 302 g/mol. The highest BCUT2D eigenvalue weighted by atomic mass is 16.5. The zero-order chi connectivity index (χ0) is 15.2. The van der Waals surface area contributed by atoms with Crippen LogP contribution in [0.15, 0.2) is 6.20 Å². The smallest absolute Gasteiger partial charge is 0.108 e. The third kappa shape index (κ3) is 9.48. The number of aromatic nitrogens is 3. The fraction of sp³-hybridized carbons (Fsp3) is 0.846. The molecule has 8 heteroatoms. The van der Waals surface area contributed by atoms with Crippen molar-refractivity contribution in [1.29, 1.82) is 0 Å². The molecule has 0 aliphatic carbocycles. The summed E-state index contributed by atoms with van der Waals surface area (Å²) in [4.78, 5) is 0. The van der Waals surface area contributed by atoms with E-state index in [0.717, 1.165) is 12.2 Å². The van der Waals surface area contributed by atoms with Crippen molar-refractivity contribution in [2.24, 2.45) is 0 Å². The Morgan fingerprint density at radius 1 is 1.05 bits per heavy atom. The average molecular weight is 302 g/mol. The maximum Gasteiger partial charge on any atom is 0.108 e. The number of likely N-dealkylation sites (N-methyl/N-ethyl adjacent to an activating group) is 1. The largest absolute Gasteiger partial charge is 0.378 e. The Morgan fingerprint density at radius 3 is 2.38 bits per heavy atom. The fourth-order valence-electron chi connectivity index (χ4n) is 1.54. The lowest BCUT2D eigenvalue weighted by Gasteiger charge is -2.06. The Hall–Kier alpha value is -1.06. The van der Waals surface area contributed by atoms with Gasteiger partial charge in [-0.2, -0.15) is 0 Å². The van der Waals surface area contributed by atoms with Gasteiger partial charge < -0.3 is 24.3 Å². The molecular formula is C13H26N4O4. The molecule has 1 aromatic rings. The van der Waals surface area contributed by atoms with Gasteiger partial charge in [-0.15, -0.1) is 5.10 Å². The van der Waals surface area contributed by atoms with Gasteiger partial charge in [-0.05, 0) is 7.05 Å². The van der Waals surface area contributed by atoms with E-state index < -0.39 is 0 Å². The topological polar surface area (TPSA) is 79.7 Å². The van der Waals surface area contributed by atoms with Crippen LogP contribution in [-0.2, 0) is 32.1 Å². The van der Waals surface area contributed by atoms with Crippen molar-refractivity contribution in [2.45, 2.75) is 13.2 Å². The summed E-state index contributed by atoms with van der Waals surface area (Å²) in [6.45, 7) is 5.64. The molecule has 1 aromatic heterocycles. The molecule has 0 saturated heterocycles. The van der Waals surface area contributed by atoms with Crippen molar-refractivity contribution in [2.75, 3.05) is 60.3 Å². The maximum atomic E-state index is 5.46. The predicted octanol–water partition coefficient (Wildman–Crippen LogP) is -0.306. The first kappa shape index (κ1) is 18.0. The van der Waals surface area contributed by atoms with Crippen LogP contribution in [0.2, 0.25) is 0 Å². The third-order valence-corrected chi connectivity index (χ3v) is 2.58. The van der Waals surface area contributed by atoms with E-state index in [9.17, 15) is 0 Å². The summed E-state index contributed by atoms with van der Waals surface area (Å²) in [5, 5.41) is 10.9. The summed E-state index contributed by atoms with van der Waals surface area (Å²) in [7, 11) is 3.53. The van der Waals surface area contributed by atoms with Crippen molar-refractivity contribution < 1.29 is 18.9 Å². The Labute approximate surface area is 125 Å². The molecule has 1 rings (SSSR count). The third-order valence-electron chi connectivity index (χ3n) is 2.58. The van der Waals surface area contributed by atoms with E-state index in [0.29, 0.717) is 52.8 Å². The summed E-state index contributed by atoms with van der Waals surface area (Å²) >= 11 is 0. The molecule has 0 spiro atoms. The standard InChI is InChI=1S/C13H26N4O4/c1-14-3-5-19-7-9-21-10-8-20-6-4-17-11-13(12-18-2)15-16-17/h11,14H,3-10,12H2,1-2H3. The van der Waals surface area contributed by atoms with Crippen molar-refractivity contribution in [3.63, 3.8) is 0 Å². The first-order chi connectivity index (χ1) is 10.4.